The molecule has 0 spiro atoms. The van der Waals surface area contributed by atoms with Crippen molar-refractivity contribution in [2.45, 2.75) is 63.3 Å². The molecule has 0 saturated heterocycles. The molecule has 0 aromatic rings. The Balaban J connectivity index is 2.54. The third-order valence-corrected chi connectivity index (χ3v) is 4.68. The molecular formula is C13H26N2OS. The lowest BCUT2D eigenvalue weighted by Crippen LogP contribution is -2.56. The minimum atomic E-state index is -0.463. The Hall–Kier alpha value is -0.220. The highest BCUT2D eigenvalue weighted by molar-refractivity contribution is 7.99. The van der Waals surface area contributed by atoms with Crippen molar-refractivity contribution in [3.05, 3.63) is 0 Å². The van der Waals surface area contributed by atoms with E-state index >= 15 is 0 Å². The fourth-order valence-electron chi connectivity index (χ4n) is 2.42. The number of carbonyl (C=O) groups is 1. The number of thioether (sulfide) groups is 1. The molecule has 17 heavy (non-hydrogen) atoms. The van der Waals surface area contributed by atoms with Crippen molar-refractivity contribution in [3.8, 4) is 0 Å². The molecule has 0 aromatic heterocycles. The van der Waals surface area contributed by atoms with Crippen LogP contribution in [0.4, 0.5) is 0 Å². The fraction of sp³-hybridized carbons (Fsp3) is 0.923. The van der Waals surface area contributed by atoms with Gasteiger partial charge in [-0.15, -0.1) is 0 Å². The molecule has 0 aromatic carbocycles. The van der Waals surface area contributed by atoms with E-state index < -0.39 is 5.54 Å². The third kappa shape index (κ3) is 4.18. The molecule has 0 heterocycles. The molecule has 0 bridgehead atoms. The lowest BCUT2D eigenvalue weighted by atomic mass is 9.93. The number of rotatable bonds is 5. The molecule has 0 radical (unpaired) electrons. The molecule has 1 rings (SSSR count). The van der Waals surface area contributed by atoms with Gasteiger partial charge in [-0.1, -0.05) is 19.8 Å². The molecule has 1 aliphatic rings. The zero-order chi connectivity index (χ0) is 12.9. The molecule has 100 valence electrons. The van der Waals surface area contributed by atoms with Crippen LogP contribution >= 0.6 is 11.8 Å². The summed E-state index contributed by atoms with van der Waals surface area (Å²) in [5.41, 5.74) is -0.463. The maximum absolute atomic E-state index is 12.2. The third-order valence-electron chi connectivity index (χ3n) is 3.51. The van der Waals surface area contributed by atoms with Crippen LogP contribution < -0.4 is 10.6 Å². The van der Waals surface area contributed by atoms with Gasteiger partial charge in [0.1, 0.15) is 0 Å². The zero-order valence-electron chi connectivity index (χ0n) is 11.5. The van der Waals surface area contributed by atoms with E-state index in [0.717, 1.165) is 13.0 Å². The van der Waals surface area contributed by atoms with Crippen LogP contribution in [0.1, 0.15) is 46.5 Å². The normalized spacial score (nSPS) is 25.6. The van der Waals surface area contributed by atoms with Crippen molar-refractivity contribution in [3.63, 3.8) is 0 Å². The van der Waals surface area contributed by atoms with Gasteiger partial charge in [-0.05, 0) is 39.5 Å². The SMILES string of the molecule is CCNC(C)(C)C(=O)NC1CCCCC1SC. The summed E-state index contributed by atoms with van der Waals surface area (Å²) in [6.07, 6.45) is 7.04. The highest BCUT2D eigenvalue weighted by Gasteiger charge is 2.31. The van der Waals surface area contributed by atoms with E-state index in [1.165, 1.54) is 19.3 Å². The summed E-state index contributed by atoms with van der Waals surface area (Å²) in [5.74, 6) is 0.130. The van der Waals surface area contributed by atoms with Crippen molar-refractivity contribution in [1.29, 1.82) is 0 Å². The molecule has 1 aliphatic carbocycles. The second kappa shape index (κ2) is 6.64. The first-order chi connectivity index (χ1) is 8.01. The topological polar surface area (TPSA) is 41.1 Å². The first-order valence-corrected chi connectivity index (χ1v) is 7.89. The van der Waals surface area contributed by atoms with Crippen molar-refractivity contribution in [2.24, 2.45) is 0 Å². The number of hydrogen-bond donors (Lipinski definition) is 2. The molecule has 0 aliphatic heterocycles. The maximum atomic E-state index is 12.2. The molecular weight excluding hydrogens is 232 g/mol. The molecule has 3 nitrogen and oxygen atoms in total. The monoisotopic (exact) mass is 258 g/mol. The van der Waals surface area contributed by atoms with Gasteiger partial charge in [0.2, 0.25) is 5.91 Å². The Kier molecular flexibility index (Phi) is 5.80. The van der Waals surface area contributed by atoms with Gasteiger partial charge >= 0.3 is 0 Å². The van der Waals surface area contributed by atoms with Crippen LogP contribution in [0.25, 0.3) is 0 Å². The van der Waals surface area contributed by atoms with E-state index in [-0.39, 0.29) is 5.91 Å². The van der Waals surface area contributed by atoms with E-state index in [4.69, 9.17) is 0 Å². The minimum Gasteiger partial charge on any atom is -0.351 e. The highest BCUT2D eigenvalue weighted by atomic mass is 32.2. The Labute approximate surface area is 109 Å². The van der Waals surface area contributed by atoms with Crippen molar-refractivity contribution in [1.82, 2.24) is 10.6 Å². The lowest BCUT2D eigenvalue weighted by Gasteiger charge is -2.34. The highest BCUT2D eigenvalue weighted by Crippen LogP contribution is 2.27. The summed E-state index contributed by atoms with van der Waals surface area (Å²) < 4.78 is 0. The lowest BCUT2D eigenvalue weighted by molar-refractivity contribution is -0.127. The average molecular weight is 258 g/mol. The number of nitrogens with one attached hydrogen (secondary N) is 2. The Morgan fingerprint density at radius 2 is 2.00 bits per heavy atom. The molecule has 2 atom stereocenters. The smallest absolute Gasteiger partial charge is 0.239 e. The van der Waals surface area contributed by atoms with E-state index in [0.29, 0.717) is 11.3 Å². The molecule has 1 fully saturated rings. The van der Waals surface area contributed by atoms with Crippen LogP contribution in [-0.2, 0) is 4.79 Å². The number of carbonyl (C=O) groups excluding carboxylic acids is 1. The molecule has 2 N–H and O–H groups in total. The van der Waals surface area contributed by atoms with Crippen molar-refractivity contribution < 1.29 is 4.79 Å². The van der Waals surface area contributed by atoms with Gasteiger partial charge in [-0.3, -0.25) is 4.79 Å². The Morgan fingerprint density at radius 3 is 2.59 bits per heavy atom. The fourth-order valence-corrected chi connectivity index (χ4v) is 3.35. The minimum absolute atomic E-state index is 0.130. The molecule has 4 heteroatoms. The summed E-state index contributed by atoms with van der Waals surface area (Å²) in [7, 11) is 0. The largest absolute Gasteiger partial charge is 0.351 e. The number of hydrogen-bond acceptors (Lipinski definition) is 3. The van der Waals surface area contributed by atoms with E-state index in [1.54, 1.807) is 0 Å². The van der Waals surface area contributed by atoms with E-state index in [9.17, 15) is 4.79 Å². The van der Waals surface area contributed by atoms with Crippen LogP contribution in [0.3, 0.4) is 0 Å². The summed E-state index contributed by atoms with van der Waals surface area (Å²) in [6.45, 7) is 6.74. The van der Waals surface area contributed by atoms with Gasteiger partial charge in [0.15, 0.2) is 0 Å². The van der Waals surface area contributed by atoms with Crippen molar-refractivity contribution >= 4 is 17.7 Å². The second-order valence-electron chi connectivity index (χ2n) is 5.29. The zero-order valence-corrected chi connectivity index (χ0v) is 12.3. The Bertz CT molecular complexity index is 256. The van der Waals surface area contributed by atoms with Crippen LogP contribution in [0.2, 0.25) is 0 Å². The summed E-state index contributed by atoms with van der Waals surface area (Å²) in [4.78, 5) is 12.2. The van der Waals surface area contributed by atoms with Gasteiger partial charge in [-0.25, -0.2) is 0 Å². The van der Waals surface area contributed by atoms with Gasteiger partial charge in [0, 0.05) is 11.3 Å². The average Bonchev–Trinajstić information content (AvgIpc) is 2.29. The quantitative estimate of drug-likeness (QED) is 0.794. The van der Waals surface area contributed by atoms with Crippen LogP contribution in [0.15, 0.2) is 0 Å². The van der Waals surface area contributed by atoms with Gasteiger partial charge in [0.05, 0.1) is 5.54 Å². The molecule has 1 amide bonds. The van der Waals surface area contributed by atoms with Crippen LogP contribution in [0, 0.1) is 0 Å². The van der Waals surface area contributed by atoms with Crippen LogP contribution in [0.5, 0.6) is 0 Å². The first-order valence-electron chi connectivity index (χ1n) is 6.60. The molecule has 1 saturated carbocycles. The summed E-state index contributed by atoms with van der Waals surface area (Å²) in [5, 5.41) is 7.04. The standard InChI is InChI=1S/C13H26N2OS/c1-5-14-13(2,3)12(16)15-10-8-6-7-9-11(10)17-4/h10-11,14H,5-9H2,1-4H3,(H,15,16). The van der Waals surface area contributed by atoms with Gasteiger partial charge < -0.3 is 10.6 Å². The van der Waals surface area contributed by atoms with E-state index in [2.05, 4.69) is 16.9 Å². The summed E-state index contributed by atoms with van der Waals surface area (Å²) in [6, 6.07) is 0.351. The number of amides is 1. The van der Waals surface area contributed by atoms with Crippen LogP contribution in [-0.4, -0.2) is 35.5 Å². The number of likely N-dealkylation sites (N-methyl/N-ethyl adjacent to an activating group) is 1. The Morgan fingerprint density at radius 1 is 1.35 bits per heavy atom. The molecule has 2 unspecified atom stereocenters. The van der Waals surface area contributed by atoms with E-state index in [1.807, 2.05) is 32.5 Å². The predicted molar refractivity (Wildman–Crippen MR) is 75.5 cm³/mol. The van der Waals surface area contributed by atoms with Crippen molar-refractivity contribution in [2.75, 3.05) is 12.8 Å². The first kappa shape index (κ1) is 14.8. The predicted octanol–water partition coefficient (Wildman–Crippen LogP) is 2.16. The van der Waals surface area contributed by atoms with Gasteiger partial charge in [0.25, 0.3) is 0 Å². The maximum Gasteiger partial charge on any atom is 0.239 e. The summed E-state index contributed by atoms with van der Waals surface area (Å²) >= 11 is 1.88. The second-order valence-corrected chi connectivity index (χ2v) is 6.37. The van der Waals surface area contributed by atoms with Gasteiger partial charge in [-0.2, -0.15) is 11.8 Å².